The zero-order chi connectivity index (χ0) is 20.9. The van der Waals surface area contributed by atoms with E-state index >= 15 is 0 Å². The Bertz CT molecular complexity index is 1560. The number of aromatic amines is 1. The maximum Gasteiger partial charge on any atom is 0.244 e. The molecule has 0 bridgehead atoms. The molecule has 7 heteroatoms. The van der Waals surface area contributed by atoms with Crippen LogP contribution in [-0.4, -0.2) is 35.9 Å². The number of carbonyl (C=O) groups excluding carboxylic acids is 1. The van der Waals surface area contributed by atoms with Gasteiger partial charge < -0.3 is 4.98 Å². The van der Waals surface area contributed by atoms with Crippen molar-refractivity contribution in [2.24, 2.45) is 0 Å². The van der Waals surface area contributed by atoms with E-state index in [0.29, 0.717) is 10.8 Å². The highest BCUT2D eigenvalue weighted by Gasteiger charge is 2.23. The number of fused-ring (bicyclic) bond motifs is 6. The van der Waals surface area contributed by atoms with Crippen LogP contribution in [0.2, 0.25) is 0 Å². The standard InChI is InChI=1S/C24H17N5OS/c1-14(31-24-26-22-21(27-28-24)17-10-2-5-11-18(17)25-22)23(30)29-19-12-6-3-8-15(19)16-9-4-7-13-20(16)29/h2-14H,1H3,(H,25,26,28). The Morgan fingerprint density at radius 2 is 1.48 bits per heavy atom. The molecule has 1 atom stereocenters. The quantitative estimate of drug-likeness (QED) is 0.384. The van der Waals surface area contributed by atoms with Gasteiger partial charge in [-0.3, -0.25) is 9.36 Å². The zero-order valence-electron chi connectivity index (χ0n) is 16.6. The molecule has 6 rings (SSSR count). The van der Waals surface area contributed by atoms with Gasteiger partial charge in [0.2, 0.25) is 11.1 Å². The number of carbonyl (C=O) groups is 1. The fourth-order valence-corrected chi connectivity index (χ4v) is 4.86. The van der Waals surface area contributed by atoms with Crippen LogP contribution in [0.15, 0.2) is 78.0 Å². The molecule has 0 fully saturated rings. The maximum absolute atomic E-state index is 13.5. The van der Waals surface area contributed by atoms with Gasteiger partial charge in [-0.25, -0.2) is 4.98 Å². The summed E-state index contributed by atoms with van der Waals surface area (Å²) < 4.78 is 1.80. The van der Waals surface area contributed by atoms with Gasteiger partial charge in [0.1, 0.15) is 5.52 Å². The minimum atomic E-state index is -0.386. The first kappa shape index (κ1) is 18.1. The van der Waals surface area contributed by atoms with Crippen molar-refractivity contribution in [2.45, 2.75) is 17.3 Å². The molecule has 1 N–H and O–H groups in total. The van der Waals surface area contributed by atoms with E-state index < -0.39 is 0 Å². The molecule has 6 nitrogen and oxygen atoms in total. The van der Waals surface area contributed by atoms with Crippen molar-refractivity contribution in [2.75, 3.05) is 0 Å². The number of benzene rings is 3. The van der Waals surface area contributed by atoms with Crippen molar-refractivity contribution in [1.29, 1.82) is 0 Å². The second-order valence-electron chi connectivity index (χ2n) is 7.43. The lowest BCUT2D eigenvalue weighted by atomic mass is 10.2. The highest BCUT2D eigenvalue weighted by molar-refractivity contribution is 8.00. The van der Waals surface area contributed by atoms with Crippen LogP contribution >= 0.6 is 11.8 Å². The molecule has 1 unspecified atom stereocenters. The van der Waals surface area contributed by atoms with Crippen LogP contribution in [0.5, 0.6) is 0 Å². The number of para-hydroxylation sites is 3. The topological polar surface area (TPSA) is 76.5 Å². The molecule has 3 aromatic heterocycles. The van der Waals surface area contributed by atoms with E-state index in [9.17, 15) is 4.79 Å². The summed E-state index contributed by atoms with van der Waals surface area (Å²) in [5, 5.41) is 11.9. The molecule has 0 saturated heterocycles. The molecular weight excluding hydrogens is 406 g/mol. The number of aromatic nitrogens is 5. The monoisotopic (exact) mass is 423 g/mol. The third kappa shape index (κ3) is 2.81. The molecule has 0 amide bonds. The predicted octanol–water partition coefficient (Wildman–Crippen LogP) is 5.44. The molecule has 0 radical (unpaired) electrons. The van der Waals surface area contributed by atoms with Crippen molar-refractivity contribution in [1.82, 2.24) is 24.7 Å². The summed E-state index contributed by atoms with van der Waals surface area (Å²) in [6.45, 7) is 1.88. The third-order valence-corrected chi connectivity index (χ3v) is 6.47. The van der Waals surface area contributed by atoms with Gasteiger partial charge >= 0.3 is 0 Å². The molecule has 150 valence electrons. The van der Waals surface area contributed by atoms with E-state index in [1.807, 2.05) is 67.6 Å². The fourth-order valence-electron chi connectivity index (χ4n) is 4.11. The van der Waals surface area contributed by atoms with Crippen molar-refractivity contribution in [3.8, 4) is 0 Å². The summed E-state index contributed by atoms with van der Waals surface area (Å²) >= 11 is 1.32. The van der Waals surface area contributed by atoms with E-state index in [1.165, 1.54) is 11.8 Å². The average molecular weight is 424 g/mol. The van der Waals surface area contributed by atoms with Gasteiger partial charge in [0, 0.05) is 21.7 Å². The van der Waals surface area contributed by atoms with Gasteiger partial charge in [-0.2, -0.15) is 0 Å². The summed E-state index contributed by atoms with van der Waals surface area (Å²) in [5.41, 5.74) is 4.20. The number of nitrogens with zero attached hydrogens (tertiary/aromatic N) is 4. The molecule has 6 aromatic rings. The number of rotatable bonds is 3. The van der Waals surface area contributed by atoms with E-state index in [1.54, 1.807) is 4.57 Å². The lowest BCUT2D eigenvalue weighted by Crippen LogP contribution is -2.21. The molecular formula is C24H17N5OS. The van der Waals surface area contributed by atoms with Gasteiger partial charge in [0.25, 0.3) is 0 Å². The van der Waals surface area contributed by atoms with Crippen molar-refractivity contribution in [3.63, 3.8) is 0 Å². The Kier molecular flexibility index (Phi) is 4.04. The Morgan fingerprint density at radius 1 is 0.871 bits per heavy atom. The number of hydrogen-bond donors (Lipinski definition) is 1. The molecule has 0 spiro atoms. The van der Waals surface area contributed by atoms with Crippen molar-refractivity contribution >= 4 is 61.5 Å². The van der Waals surface area contributed by atoms with E-state index in [-0.39, 0.29) is 11.2 Å². The molecule has 0 saturated carbocycles. The van der Waals surface area contributed by atoms with Crippen LogP contribution in [0.25, 0.3) is 43.9 Å². The number of hydrogen-bond acceptors (Lipinski definition) is 5. The summed E-state index contributed by atoms with van der Waals surface area (Å²) in [7, 11) is 0. The van der Waals surface area contributed by atoms with Crippen LogP contribution in [0.1, 0.15) is 11.7 Å². The average Bonchev–Trinajstić information content (AvgIpc) is 3.34. The smallest absolute Gasteiger partial charge is 0.244 e. The van der Waals surface area contributed by atoms with Crippen LogP contribution in [0, 0.1) is 0 Å². The number of H-pyrrole nitrogens is 1. The van der Waals surface area contributed by atoms with Crippen molar-refractivity contribution in [3.05, 3.63) is 72.8 Å². The molecule has 3 heterocycles. The molecule has 0 aliphatic rings. The first-order valence-corrected chi connectivity index (χ1v) is 10.9. The first-order chi connectivity index (χ1) is 15.2. The van der Waals surface area contributed by atoms with Crippen LogP contribution < -0.4 is 0 Å². The normalized spacial score (nSPS) is 12.8. The Hall–Kier alpha value is -3.71. The summed E-state index contributed by atoms with van der Waals surface area (Å²) in [4.78, 5) is 21.4. The maximum atomic E-state index is 13.5. The van der Waals surface area contributed by atoms with Crippen LogP contribution in [0.3, 0.4) is 0 Å². The Labute approximate surface area is 181 Å². The molecule has 0 aliphatic heterocycles. The van der Waals surface area contributed by atoms with Gasteiger partial charge in [-0.05, 0) is 25.1 Å². The molecule has 31 heavy (non-hydrogen) atoms. The predicted molar refractivity (Wildman–Crippen MR) is 125 cm³/mol. The van der Waals surface area contributed by atoms with Gasteiger partial charge in [0.15, 0.2) is 5.65 Å². The number of nitrogens with one attached hydrogen (secondary N) is 1. The van der Waals surface area contributed by atoms with Crippen LogP contribution in [0.4, 0.5) is 0 Å². The van der Waals surface area contributed by atoms with Gasteiger partial charge in [-0.15, -0.1) is 10.2 Å². The molecule has 0 aliphatic carbocycles. The van der Waals surface area contributed by atoms with Crippen LogP contribution in [-0.2, 0) is 0 Å². The van der Waals surface area contributed by atoms with Crippen molar-refractivity contribution < 1.29 is 4.79 Å². The minimum Gasteiger partial charge on any atom is -0.338 e. The Morgan fingerprint density at radius 3 is 2.19 bits per heavy atom. The lowest BCUT2D eigenvalue weighted by molar-refractivity contribution is 0.0925. The minimum absolute atomic E-state index is 0.0113. The summed E-state index contributed by atoms with van der Waals surface area (Å²) in [5.74, 6) is -0.0113. The zero-order valence-corrected chi connectivity index (χ0v) is 17.4. The largest absolute Gasteiger partial charge is 0.338 e. The SMILES string of the molecule is CC(Sc1nnc2c(n1)[nH]c1ccccc12)C(=O)n1c2ccccc2c2ccccc21. The Balaban J connectivity index is 1.39. The molecule has 3 aromatic carbocycles. The van der Waals surface area contributed by atoms with E-state index in [2.05, 4.69) is 32.3 Å². The highest BCUT2D eigenvalue weighted by Crippen LogP contribution is 2.31. The summed E-state index contributed by atoms with van der Waals surface area (Å²) in [6.07, 6.45) is 0. The lowest BCUT2D eigenvalue weighted by Gasteiger charge is -2.12. The van der Waals surface area contributed by atoms with Gasteiger partial charge in [0.05, 0.1) is 16.3 Å². The van der Waals surface area contributed by atoms with E-state index in [4.69, 9.17) is 0 Å². The highest BCUT2D eigenvalue weighted by atomic mass is 32.2. The first-order valence-electron chi connectivity index (χ1n) is 10.0. The number of thioether (sulfide) groups is 1. The third-order valence-electron chi connectivity index (χ3n) is 5.53. The van der Waals surface area contributed by atoms with Gasteiger partial charge in [-0.1, -0.05) is 66.4 Å². The van der Waals surface area contributed by atoms with E-state index in [0.717, 1.165) is 38.2 Å². The second kappa shape index (κ2) is 6.92. The fraction of sp³-hybridized carbons (Fsp3) is 0.0833. The summed E-state index contributed by atoms with van der Waals surface area (Å²) in [6, 6.07) is 23.9. The second-order valence-corrected chi connectivity index (χ2v) is 8.74.